The summed E-state index contributed by atoms with van der Waals surface area (Å²) in [5.74, 6) is 1.30. The van der Waals surface area contributed by atoms with E-state index in [9.17, 15) is 20.2 Å². The number of nitro groups is 1. The first-order chi connectivity index (χ1) is 15.5. The minimum atomic E-state index is -0.472. The SMILES string of the molecule is COc1ccc(N2CSC3=C(C#N)[C@@H](c4ccc([N+](=O)[O-])cc4)CC(=O)N3C2)c(OC)c1. The third kappa shape index (κ3) is 3.83. The molecule has 1 saturated heterocycles. The number of benzene rings is 2. The summed E-state index contributed by atoms with van der Waals surface area (Å²) in [5.41, 5.74) is 2.01. The topological polar surface area (TPSA) is 109 Å². The standard InChI is InChI=1S/C22H20N4O5S/c1-30-16-7-8-19(20(9-16)31-2)24-12-25-21(27)10-17(18(11-23)22(25)32-13-24)14-3-5-15(6-4-14)26(28)29/h3-9,17H,10,12-13H2,1-2H3/t17-/m1/s1. The maximum atomic E-state index is 13.1. The van der Waals surface area contributed by atoms with Crippen molar-refractivity contribution in [2.24, 2.45) is 0 Å². The number of hydrogen-bond donors (Lipinski definition) is 0. The monoisotopic (exact) mass is 452 g/mol. The van der Waals surface area contributed by atoms with Crippen LogP contribution in [0, 0.1) is 21.4 Å². The van der Waals surface area contributed by atoms with Crippen LogP contribution in [-0.2, 0) is 4.79 Å². The number of carbonyl (C=O) groups excluding carboxylic acids is 1. The predicted octanol–water partition coefficient (Wildman–Crippen LogP) is 3.83. The Morgan fingerprint density at radius 1 is 1.19 bits per heavy atom. The number of amides is 1. The Hall–Kier alpha value is -3.71. The number of hydrogen-bond acceptors (Lipinski definition) is 8. The fourth-order valence-electron chi connectivity index (χ4n) is 3.87. The second-order valence-electron chi connectivity index (χ2n) is 7.25. The highest BCUT2D eigenvalue weighted by Crippen LogP contribution is 2.44. The van der Waals surface area contributed by atoms with E-state index >= 15 is 0 Å². The van der Waals surface area contributed by atoms with Gasteiger partial charge in [0.1, 0.15) is 11.5 Å². The third-order valence-electron chi connectivity index (χ3n) is 5.53. The van der Waals surface area contributed by atoms with E-state index in [0.717, 1.165) is 5.69 Å². The van der Waals surface area contributed by atoms with E-state index in [2.05, 4.69) is 6.07 Å². The first-order valence-electron chi connectivity index (χ1n) is 9.75. The van der Waals surface area contributed by atoms with Crippen LogP contribution in [0.4, 0.5) is 11.4 Å². The average molecular weight is 452 g/mol. The Balaban J connectivity index is 1.64. The average Bonchev–Trinajstić information content (AvgIpc) is 2.83. The Kier molecular flexibility index (Phi) is 5.92. The summed E-state index contributed by atoms with van der Waals surface area (Å²) in [4.78, 5) is 27.2. The van der Waals surface area contributed by atoms with Crippen molar-refractivity contribution < 1.29 is 19.2 Å². The van der Waals surface area contributed by atoms with E-state index in [4.69, 9.17) is 9.47 Å². The van der Waals surface area contributed by atoms with Crippen LogP contribution in [0.25, 0.3) is 0 Å². The summed E-state index contributed by atoms with van der Waals surface area (Å²) in [6, 6.07) is 13.8. The van der Waals surface area contributed by atoms with Gasteiger partial charge in [-0.3, -0.25) is 19.8 Å². The van der Waals surface area contributed by atoms with Crippen LogP contribution in [0.2, 0.25) is 0 Å². The van der Waals surface area contributed by atoms with Crippen molar-refractivity contribution in [3.8, 4) is 17.6 Å². The molecule has 0 N–H and O–H groups in total. The van der Waals surface area contributed by atoms with Gasteiger partial charge in [-0.15, -0.1) is 0 Å². The lowest BCUT2D eigenvalue weighted by Crippen LogP contribution is -2.47. The van der Waals surface area contributed by atoms with Crippen LogP contribution >= 0.6 is 11.8 Å². The quantitative estimate of drug-likeness (QED) is 0.497. The number of non-ortho nitro benzene ring substituents is 1. The summed E-state index contributed by atoms with van der Waals surface area (Å²) in [6.45, 7) is 0.294. The number of allylic oxidation sites excluding steroid dienone is 1. The van der Waals surface area contributed by atoms with Crippen molar-refractivity contribution >= 4 is 29.0 Å². The Morgan fingerprint density at radius 2 is 1.94 bits per heavy atom. The number of fused-ring (bicyclic) bond motifs is 1. The molecule has 0 aromatic heterocycles. The van der Waals surface area contributed by atoms with Crippen LogP contribution in [0.5, 0.6) is 11.5 Å². The number of nitrogens with zero attached hydrogens (tertiary/aromatic N) is 4. The molecule has 10 heteroatoms. The van der Waals surface area contributed by atoms with Crippen molar-refractivity contribution in [3.05, 3.63) is 68.7 Å². The van der Waals surface area contributed by atoms with E-state index in [1.807, 2.05) is 17.0 Å². The fraction of sp³-hybridized carbons (Fsp3) is 0.273. The minimum Gasteiger partial charge on any atom is -0.497 e. The zero-order valence-corrected chi connectivity index (χ0v) is 18.3. The Labute approximate surface area is 189 Å². The van der Waals surface area contributed by atoms with Crippen molar-refractivity contribution in [1.82, 2.24) is 4.90 Å². The van der Waals surface area contributed by atoms with Gasteiger partial charge in [-0.1, -0.05) is 23.9 Å². The lowest BCUT2D eigenvalue weighted by Gasteiger charge is -2.42. The number of methoxy groups -OCH3 is 2. The second kappa shape index (κ2) is 8.80. The van der Waals surface area contributed by atoms with Crippen LogP contribution in [0.3, 0.4) is 0 Å². The van der Waals surface area contributed by atoms with Crippen molar-refractivity contribution in [2.75, 3.05) is 31.7 Å². The molecule has 9 nitrogen and oxygen atoms in total. The Bertz CT molecular complexity index is 1140. The summed E-state index contributed by atoms with van der Waals surface area (Å²) in [7, 11) is 3.16. The molecule has 0 bridgehead atoms. The van der Waals surface area contributed by atoms with Crippen molar-refractivity contribution in [1.29, 1.82) is 5.26 Å². The highest BCUT2D eigenvalue weighted by molar-refractivity contribution is 8.03. The Morgan fingerprint density at radius 3 is 2.56 bits per heavy atom. The zero-order chi connectivity index (χ0) is 22.8. The molecule has 2 aromatic rings. The molecular formula is C22H20N4O5S. The molecule has 2 aliphatic heterocycles. The summed E-state index contributed by atoms with van der Waals surface area (Å²) in [6.07, 6.45) is 0.123. The van der Waals surface area contributed by atoms with Gasteiger partial charge in [0, 0.05) is 30.5 Å². The number of thioether (sulfide) groups is 1. The molecule has 0 saturated carbocycles. The second-order valence-corrected chi connectivity index (χ2v) is 8.18. The molecule has 2 heterocycles. The summed E-state index contributed by atoms with van der Waals surface area (Å²) >= 11 is 1.42. The molecule has 1 fully saturated rings. The van der Waals surface area contributed by atoms with Crippen LogP contribution in [0.1, 0.15) is 17.9 Å². The molecular weight excluding hydrogens is 432 g/mol. The van der Waals surface area contributed by atoms with Gasteiger partial charge in [-0.05, 0) is 17.7 Å². The van der Waals surface area contributed by atoms with Gasteiger partial charge in [0.2, 0.25) is 5.91 Å². The molecule has 0 spiro atoms. The first kappa shape index (κ1) is 21.5. The van der Waals surface area contributed by atoms with Crippen molar-refractivity contribution in [3.63, 3.8) is 0 Å². The third-order valence-corrected chi connectivity index (χ3v) is 6.68. The fourth-order valence-corrected chi connectivity index (χ4v) is 5.03. The highest BCUT2D eigenvalue weighted by atomic mass is 32.2. The van der Waals surface area contributed by atoms with E-state index in [-0.39, 0.29) is 18.0 Å². The molecule has 32 heavy (non-hydrogen) atoms. The summed E-state index contributed by atoms with van der Waals surface area (Å²) < 4.78 is 10.8. The van der Waals surface area contributed by atoms with Gasteiger partial charge >= 0.3 is 0 Å². The van der Waals surface area contributed by atoms with Gasteiger partial charge < -0.3 is 14.4 Å². The summed E-state index contributed by atoms with van der Waals surface area (Å²) in [5, 5.41) is 21.5. The number of carbonyl (C=O) groups is 1. The lowest BCUT2D eigenvalue weighted by atomic mass is 9.86. The van der Waals surface area contributed by atoms with E-state index < -0.39 is 10.8 Å². The highest BCUT2D eigenvalue weighted by Gasteiger charge is 2.38. The molecule has 0 radical (unpaired) electrons. The van der Waals surface area contributed by atoms with Gasteiger partial charge in [0.15, 0.2) is 0 Å². The van der Waals surface area contributed by atoms with Gasteiger partial charge in [-0.2, -0.15) is 5.26 Å². The normalized spacial score (nSPS) is 18.2. The smallest absolute Gasteiger partial charge is 0.269 e. The van der Waals surface area contributed by atoms with E-state index in [0.29, 0.717) is 40.2 Å². The van der Waals surface area contributed by atoms with E-state index in [1.165, 1.54) is 23.9 Å². The van der Waals surface area contributed by atoms with Gasteiger partial charge in [0.05, 0.1) is 54.0 Å². The molecule has 1 amide bonds. The molecule has 1 atom stereocenters. The van der Waals surface area contributed by atoms with Crippen molar-refractivity contribution in [2.45, 2.75) is 12.3 Å². The first-order valence-corrected chi connectivity index (χ1v) is 10.7. The largest absolute Gasteiger partial charge is 0.497 e. The van der Waals surface area contributed by atoms with Crippen LogP contribution in [-0.4, -0.2) is 42.5 Å². The lowest BCUT2D eigenvalue weighted by molar-refractivity contribution is -0.384. The van der Waals surface area contributed by atoms with Crippen LogP contribution in [0.15, 0.2) is 53.1 Å². The maximum absolute atomic E-state index is 13.1. The van der Waals surface area contributed by atoms with Crippen LogP contribution < -0.4 is 14.4 Å². The minimum absolute atomic E-state index is 0.0280. The number of rotatable bonds is 5. The number of ether oxygens (including phenoxy) is 2. The molecule has 4 rings (SSSR count). The number of nitriles is 1. The number of nitro benzene ring substituents is 1. The maximum Gasteiger partial charge on any atom is 0.269 e. The molecule has 0 unspecified atom stereocenters. The molecule has 2 aliphatic rings. The molecule has 2 aromatic carbocycles. The number of anilines is 1. The molecule has 164 valence electrons. The zero-order valence-electron chi connectivity index (χ0n) is 17.5. The van der Waals surface area contributed by atoms with Gasteiger partial charge in [-0.25, -0.2) is 0 Å². The predicted molar refractivity (Wildman–Crippen MR) is 119 cm³/mol. The van der Waals surface area contributed by atoms with Gasteiger partial charge in [0.25, 0.3) is 5.69 Å². The van der Waals surface area contributed by atoms with E-state index in [1.54, 1.807) is 37.3 Å². The molecule has 0 aliphatic carbocycles.